The molecule has 0 spiro atoms. The molecule has 0 radical (unpaired) electrons. The van der Waals surface area contributed by atoms with E-state index < -0.39 is 17.5 Å². The van der Waals surface area contributed by atoms with Crippen LogP contribution in [0.15, 0.2) is 18.3 Å². The van der Waals surface area contributed by atoms with Gasteiger partial charge in [0.25, 0.3) is 5.54 Å². The summed E-state index contributed by atoms with van der Waals surface area (Å²) in [6.45, 7) is 6.98. The Labute approximate surface area is 80.4 Å². The number of hydrogen-bond donors (Lipinski definition) is 0. The molecule has 14 heavy (non-hydrogen) atoms. The summed E-state index contributed by atoms with van der Waals surface area (Å²) in [6, 6.07) is 2.71. The molecule has 0 bridgehead atoms. The molecule has 0 aliphatic heterocycles. The predicted octanol–water partition coefficient (Wildman–Crippen LogP) is 2.47. The molecule has 1 aliphatic rings. The van der Waals surface area contributed by atoms with Crippen LogP contribution in [0.2, 0.25) is 0 Å². The highest BCUT2D eigenvalue weighted by molar-refractivity contribution is 5.27. The van der Waals surface area contributed by atoms with E-state index >= 15 is 0 Å². The quantitative estimate of drug-likeness (QED) is 0.628. The van der Waals surface area contributed by atoms with Crippen LogP contribution in [0.25, 0.3) is 4.85 Å². The summed E-state index contributed by atoms with van der Waals surface area (Å²) in [5, 5.41) is 0. The van der Waals surface area contributed by atoms with E-state index in [1.807, 2.05) is 0 Å². The van der Waals surface area contributed by atoms with Gasteiger partial charge in [0.15, 0.2) is 11.5 Å². The highest BCUT2D eigenvalue weighted by atomic mass is 19.1. The molecular formula is C10H8F2N2. The lowest BCUT2D eigenvalue weighted by molar-refractivity contribution is 0.121. The second-order valence-electron chi connectivity index (χ2n) is 3.48. The molecule has 0 N–H and O–H groups in total. The Bertz CT molecular complexity index is 391. The summed E-state index contributed by atoms with van der Waals surface area (Å²) in [4.78, 5) is 7.14. The van der Waals surface area contributed by atoms with Crippen molar-refractivity contribution in [2.45, 2.75) is 24.6 Å². The molecule has 1 aromatic heterocycles. The van der Waals surface area contributed by atoms with Crippen molar-refractivity contribution in [2.24, 2.45) is 0 Å². The van der Waals surface area contributed by atoms with Crippen LogP contribution in [0.3, 0.4) is 0 Å². The zero-order valence-electron chi connectivity index (χ0n) is 7.37. The van der Waals surface area contributed by atoms with Crippen molar-refractivity contribution in [3.63, 3.8) is 0 Å². The Morgan fingerprint density at radius 2 is 2.29 bits per heavy atom. The van der Waals surface area contributed by atoms with Gasteiger partial charge in [0.05, 0.1) is 12.8 Å². The number of hydrogen-bond acceptors (Lipinski definition) is 1. The van der Waals surface area contributed by atoms with Gasteiger partial charge in [-0.3, -0.25) is 0 Å². The van der Waals surface area contributed by atoms with Gasteiger partial charge in [-0.05, 0) is 12.1 Å². The van der Waals surface area contributed by atoms with Crippen molar-refractivity contribution >= 4 is 0 Å². The molecule has 72 valence electrons. The predicted molar refractivity (Wildman–Crippen MR) is 46.6 cm³/mol. The molecule has 1 aromatic rings. The normalized spacial score (nSPS) is 30.5. The van der Waals surface area contributed by atoms with E-state index in [4.69, 9.17) is 6.57 Å². The second kappa shape index (κ2) is 3.02. The molecule has 1 heterocycles. The lowest BCUT2D eigenvalue weighted by atomic mass is 9.73. The third kappa shape index (κ3) is 1.17. The van der Waals surface area contributed by atoms with Gasteiger partial charge in [-0.1, -0.05) is 0 Å². The number of rotatable bonds is 1. The van der Waals surface area contributed by atoms with Crippen LogP contribution < -0.4 is 0 Å². The summed E-state index contributed by atoms with van der Waals surface area (Å²) in [5.74, 6) is -0.518. The smallest absolute Gasteiger partial charge is 0.282 e. The van der Waals surface area contributed by atoms with E-state index in [0.717, 1.165) is 0 Å². The Kier molecular flexibility index (Phi) is 1.95. The van der Waals surface area contributed by atoms with Gasteiger partial charge in [-0.15, -0.1) is 0 Å². The zero-order valence-corrected chi connectivity index (χ0v) is 7.37. The second-order valence-corrected chi connectivity index (χ2v) is 3.48. The van der Waals surface area contributed by atoms with E-state index in [9.17, 15) is 8.78 Å². The number of pyridine rings is 1. The monoisotopic (exact) mass is 194 g/mol. The number of nitrogens with zero attached hydrogens (tertiary/aromatic N) is 2. The molecule has 0 atom stereocenters. The van der Waals surface area contributed by atoms with Crippen LogP contribution in [0.5, 0.6) is 0 Å². The van der Waals surface area contributed by atoms with Crippen molar-refractivity contribution in [2.75, 3.05) is 0 Å². The van der Waals surface area contributed by atoms with Crippen LogP contribution in [-0.4, -0.2) is 11.2 Å². The van der Waals surface area contributed by atoms with E-state index in [1.54, 1.807) is 0 Å². The van der Waals surface area contributed by atoms with Gasteiger partial charge in [-0.25, -0.2) is 20.3 Å². The highest BCUT2D eigenvalue weighted by Crippen LogP contribution is 2.46. The minimum absolute atomic E-state index is 0.0600. The summed E-state index contributed by atoms with van der Waals surface area (Å²) < 4.78 is 26.0. The molecule has 2 nitrogen and oxygen atoms in total. The third-order valence-corrected chi connectivity index (χ3v) is 2.53. The maximum Gasteiger partial charge on any atom is 0.282 e. The maximum absolute atomic E-state index is 13.3. The first-order chi connectivity index (χ1) is 6.68. The van der Waals surface area contributed by atoms with Crippen molar-refractivity contribution in [1.82, 2.24) is 4.98 Å². The molecule has 0 aromatic carbocycles. The van der Waals surface area contributed by atoms with Crippen molar-refractivity contribution < 1.29 is 8.78 Å². The number of halogens is 2. The van der Waals surface area contributed by atoms with Gasteiger partial charge < -0.3 is 4.85 Å². The van der Waals surface area contributed by atoms with E-state index in [2.05, 4.69) is 9.83 Å². The Hall–Kier alpha value is -1.50. The molecular weight excluding hydrogens is 186 g/mol. The van der Waals surface area contributed by atoms with Gasteiger partial charge in [0, 0.05) is 6.20 Å². The van der Waals surface area contributed by atoms with Crippen LogP contribution in [-0.2, 0) is 5.54 Å². The first-order valence-corrected chi connectivity index (χ1v) is 4.32. The zero-order chi connectivity index (χ0) is 10.2. The van der Waals surface area contributed by atoms with Crippen LogP contribution in [0, 0.1) is 12.4 Å². The molecule has 0 amide bonds. The molecule has 4 heteroatoms. The number of aromatic nitrogens is 1. The van der Waals surface area contributed by atoms with E-state index in [0.29, 0.717) is 0 Å². The van der Waals surface area contributed by atoms with E-state index in [1.165, 1.54) is 18.3 Å². The molecule has 2 rings (SSSR count). The number of alkyl halides is 1. The molecule has 1 saturated carbocycles. The molecule has 1 aliphatic carbocycles. The Morgan fingerprint density at radius 3 is 2.79 bits per heavy atom. The maximum atomic E-state index is 13.3. The summed E-state index contributed by atoms with van der Waals surface area (Å²) in [6.07, 6.45) is 0.552. The fraction of sp³-hybridized carbons (Fsp3) is 0.400. The fourth-order valence-electron chi connectivity index (χ4n) is 1.74. The lowest BCUT2D eigenvalue weighted by Crippen LogP contribution is -2.41. The van der Waals surface area contributed by atoms with Gasteiger partial charge in [0.2, 0.25) is 0 Å². The van der Waals surface area contributed by atoms with Crippen LogP contribution >= 0.6 is 0 Å². The van der Waals surface area contributed by atoms with E-state index in [-0.39, 0.29) is 18.5 Å². The SMILES string of the molecule is [C-]#[N+]C1(c2ncccc2F)CC(F)C1. The average Bonchev–Trinajstić information content (AvgIpc) is 2.14. The summed E-state index contributed by atoms with van der Waals surface area (Å²) >= 11 is 0. The summed E-state index contributed by atoms with van der Waals surface area (Å²) in [5.41, 5.74) is -0.964. The topological polar surface area (TPSA) is 17.2 Å². The van der Waals surface area contributed by atoms with Gasteiger partial charge in [-0.2, -0.15) is 0 Å². The van der Waals surface area contributed by atoms with Crippen molar-refractivity contribution in [3.8, 4) is 0 Å². The van der Waals surface area contributed by atoms with Crippen molar-refractivity contribution in [1.29, 1.82) is 0 Å². The van der Waals surface area contributed by atoms with Gasteiger partial charge >= 0.3 is 0 Å². The fourth-order valence-corrected chi connectivity index (χ4v) is 1.74. The van der Waals surface area contributed by atoms with Gasteiger partial charge in [0.1, 0.15) is 6.17 Å². The van der Waals surface area contributed by atoms with Crippen molar-refractivity contribution in [3.05, 3.63) is 41.3 Å². The minimum atomic E-state index is -1.05. The largest absolute Gasteiger partial charge is 0.303 e. The molecule has 1 fully saturated rings. The minimum Gasteiger partial charge on any atom is -0.303 e. The highest BCUT2D eigenvalue weighted by Gasteiger charge is 2.55. The Morgan fingerprint density at radius 1 is 1.57 bits per heavy atom. The van der Waals surface area contributed by atoms with Crippen LogP contribution in [0.1, 0.15) is 18.5 Å². The first-order valence-electron chi connectivity index (χ1n) is 4.32. The standard InChI is InChI=1S/C10H8F2N2/c1-13-10(5-7(11)6-10)9-8(12)3-2-4-14-9/h2-4,7H,5-6H2. The van der Waals surface area contributed by atoms with Crippen LogP contribution in [0.4, 0.5) is 8.78 Å². The first kappa shape index (κ1) is 9.07. The molecule has 0 saturated heterocycles. The average molecular weight is 194 g/mol. The molecule has 0 unspecified atom stereocenters. The third-order valence-electron chi connectivity index (χ3n) is 2.53. The lowest BCUT2D eigenvalue weighted by Gasteiger charge is -2.32. The summed E-state index contributed by atoms with van der Waals surface area (Å²) in [7, 11) is 0. The Balaban J connectivity index is 2.40.